The van der Waals surface area contributed by atoms with E-state index in [9.17, 15) is 19.5 Å². The fourth-order valence-corrected chi connectivity index (χ4v) is 7.91. The molecule has 3 atom stereocenters. The van der Waals surface area contributed by atoms with Crippen LogP contribution in [0.25, 0.3) is 0 Å². The number of hydrogen-bond acceptors (Lipinski definition) is 3. The maximum atomic E-state index is 12.2. The lowest BCUT2D eigenvalue weighted by Gasteiger charge is -2.39. The molecule has 0 radical (unpaired) electrons. The molecule has 0 aromatic carbocycles. The summed E-state index contributed by atoms with van der Waals surface area (Å²) in [6.45, 7) is 2.36. The van der Waals surface area contributed by atoms with Crippen LogP contribution < -0.4 is 0 Å². The summed E-state index contributed by atoms with van der Waals surface area (Å²) in [4.78, 5) is 19.8. The number of rotatable bonds is 20. The van der Waals surface area contributed by atoms with Crippen molar-refractivity contribution in [1.29, 1.82) is 0 Å². The first kappa shape index (κ1) is 31.4. The largest absolute Gasteiger partial charge is 0.373 e. The molecule has 3 N–H and O–H groups in total. The van der Waals surface area contributed by atoms with Gasteiger partial charge in [0.25, 0.3) is 0 Å². The Bertz CT molecular complexity index is 551. The summed E-state index contributed by atoms with van der Waals surface area (Å²) in [7, 11) is 1.03. The van der Waals surface area contributed by atoms with E-state index < -0.39 is 12.9 Å². The lowest BCUT2D eigenvalue weighted by molar-refractivity contribution is -0.875. The van der Waals surface area contributed by atoms with Crippen molar-refractivity contribution in [3.05, 3.63) is 0 Å². The van der Waals surface area contributed by atoms with Crippen LogP contribution in [0, 0.1) is 5.92 Å². The summed E-state index contributed by atoms with van der Waals surface area (Å²) >= 11 is 1.95. The Balaban J connectivity index is 2.08. The smallest absolute Gasteiger partial charge is 0.363 e. The minimum Gasteiger partial charge on any atom is -0.373 e. The van der Waals surface area contributed by atoms with Crippen molar-refractivity contribution < 1.29 is 23.9 Å². The summed E-state index contributed by atoms with van der Waals surface area (Å²) in [5, 5.41) is 9.53. The molecule has 5 nitrogen and oxygen atoms in total. The molecule has 0 aliphatic heterocycles. The van der Waals surface area contributed by atoms with Crippen molar-refractivity contribution in [2.45, 2.75) is 127 Å². The van der Waals surface area contributed by atoms with Gasteiger partial charge in [0.05, 0.1) is 21.1 Å². The summed E-state index contributed by atoms with van der Waals surface area (Å²) in [6, 6.07) is 0. The number of unbranched alkanes of at least 4 members (excludes halogenated alkanes) is 13. The molecule has 0 aromatic rings. The first-order chi connectivity index (χ1) is 15.5. The van der Waals surface area contributed by atoms with Crippen molar-refractivity contribution in [3.8, 4) is 0 Å². The lowest BCUT2D eigenvalue weighted by atomic mass is 9.99. The quantitative estimate of drug-likeness (QED) is 0.0943. The number of likely N-dealkylation sites (N-methyl/N-ethyl adjacent to an activating group) is 1. The standard InChI is InChI=1S/C26H54NO4PS/c1-5-6-7-8-9-10-11-12-13-14-15-16-17-18-21-33-25-20-19-24(22-25)26(28,32(29,30)31)23-27(2,3)4/h24-25,28H,5-23H2,1-4H3,(H-,29,30,31)/p+1. The summed E-state index contributed by atoms with van der Waals surface area (Å²) in [5.74, 6) is 0.809. The van der Waals surface area contributed by atoms with Crippen molar-refractivity contribution in [2.24, 2.45) is 5.92 Å². The van der Waals surface area contributed by atoms with Crippen molar-refractivity contribution >= 4 is 19.4 Å². The summed E-state index contributed by atoms with van der Waals surface area (Å²) < 4.78 is 12.5. The van der Waals surface area contributed by atoms with Gasteiger partial charge in [-0.2, -0.15) is 11.8 Å². The second-order valence-electron chi connectivity index (χ2n) is 11.5. The van der Waals surface area contributed by atoms with Gasteiger partial charge in [-0.3, -0.25) is 4.57 Å². The van der Waals surface area contributed by atoms with Gasteiger partial charge in [0.1, 0.15) is 6.54 Å². The van der Waals surface area contributed by atoms with Crippen LogP contribution >= 0.6 is 19.4 Å². The molecule has 7 heteroatoms. The lowest BCUT2D eigenvalue weighted by Crippen LogP contribution is -2.52. The molecule has 0 spiro atoms. The van der Waals surface area contributed by atoms with Gasteiger partial charge in [-0.05, 0) is 31.4 Å². The van der Waals surface area contributed by atoms with Crippen molar-refractivity contribution in [2.75, 3.05) is 33.4 Å². The molecule has 33 heavy (non-hydrogen) atoms. The molecule has 3 unspecified atom stereocenters. The monoisotopic (exact) mass is 508 g/mol. The Hall–Kier alpha value is 0.420. The Morgan fingerprint density at radius 3 is 1.70 bits per heavy atom. The molecule has 0 bridgehead atoms. The van der Waals surface area contributed by atoms with Crippen LogP contribution in [0.3, 0.4) is 0 Å². The first-order valence-electron chi connectivity index (χ1n) is 13.7. The van der Waals surface area contributed by atoms with Gasteiger partial charge in [0.2, 0.25) is 5.34 Å². The van der Waals surface area contributed by atoms with Crippen LogP contribution in [0.4, 0.5) is 0 Å². The van der Waals surface area contributed by atoms with E-state index >= 15 is 0 Å². The maximum absolute atomic E-state index is 12.2. The summed E-state index contributed by atoms with van der Waals surface area (Å²) in [6.07, 6.45) is 21.6. The SMILES string of the molecule is CCCCCCCCCCCCCCCCSC1CCC(C(O)(C[N+](C)(C)C)P(=O)(O)O)C1. The average Bonchev–Trinajstić information content (AvgIpc) is 3.18. The molecule has 0 heterocycles. The molecule has 0 saturated heterocycles. The zero-order valence-electron chi connectivity index (χ0n) is 22.1. The van der Waals surface area contributed by atoms with Gasteiger partial charge in [-0.25, -0.2) is 0 Å². The molecule has 1 aliphatic carbocycles. The molecule has 198 valence electrons. The Labute approximate surface area is 209 Å². The number of hydrogen-bond donors (Lipinski definition) is 3. The van der Waals surface area contributed by atoms with Gasteiger partial charge in [0, 0.05) is 11.2 Å². The van der Waals surface area contributed by atoms with E-state index in [2.05, 4.69) is 6.92 Å². The molecule has 1 fully saturated rings. The minimum absolute atomic E-state index is 0.0816. The number of thioether (sulfide) groups is 1. The van der Waals surface area contributed by atoms with Gasteiger partial charge in [0.15, 0.2) is 0 Å². The predicted molar refractivity (Wildman–Crippen MR) is 144 cm³/mol. The number of aliphatic hydroxyl groups is 1. The zero-order valence-corrected chi connectivity index (χ0v) is 23.9. The van der Waals surface area contributed by atoms with Crippen molar-refractivity contribution in [3.63, 3.8) is 0 Å². The summed E-state index contributed by atoms with van der Waals surface area (Å²) in [5.41, 5.74) is 0. The third-order valence-corrected chi connectivity index (χ3v) is 10.0. The normalized spacial score (nSPS) is 21.4. The predicted octanol–water partition coefficient (Wildman–Crippen LogP) is 6.94. The van der Waals surface area contributed by atoms with Crippen LogP contribution in [0.1, 0.15) is 116 Å². The van der Waals surface area contributed by atoms with E-state index in [0.717, 1.165) is 12.2 Å². The van der Waals surface area contributed by atoms with E-state index in [1.165, 1.54) is 89.9 Å². The Kier molecular flexibility index (Phi) is 15.5. The highest BCUT2D eigenvalue weighted by molar-refractivity contribution is 7.99. The third kappa shape index (κ3) is 13.3. The van der Waals surface area contributed by atoms with Gasteiger partial charge in [-0.1, -0.05) is 90.4 Å². The van der Waals surface area contributed by atoms with E-state index in [1.807, 2.05) is 32.9 Å². The molecule has 1 rings (SSSR count). The molecule has 1 saturated carbocycles. The van der Waals surface area contributed by atoms with Crippen molar-refractivity contribution in [1.82, 2.24) is 0 Å². The van der Waals surface area contributed by atoms with Crippen LogP contribution in [-0.4, -0.2) is 63.4 Å². The molecule has 0 amide bonds. The van der Waals surface area contributed by atoms with Crippen LogP contribution in [0.5, 0.6) is 0 Å². The van der Waals surface area contributed by atoms with Gasteiger partial charge in [-0.15, -0.1) is 0 Å². The topological polar surface area (TPSA) is 77.8 Å². The zero-order chi connectivity index (χ0) is 24.8. The van der Waals surface area contributed by atoms with Crippen LogP contribution in [-0.2, 0) is 4.57 Å². The van der Waals surface area contributed by atoms with Crippen LogP contribution in [0.15, 0.2) is 0 Å². The number of nitrogens with zero attached hydrogens (tertiary/aromatic N) is 1. The maximum Gasteiger partial charge on any atom is 0.363 e. The van der Waals surface area contributed by atoms with E-state index in [-0.39, 0.29) is 12.5 Å². The second-order valence-corrected chi connectivity index (χ2v) is 14.7. The Morgan fingerprint density at radius 2 is 1.27 bits per heavy atom. The van der Waals surface area contributed by atoms with Crippen LogP contribution in [0.2, 0.25) is 0 Å². The highest BCUT2D eigenvalue weighted by Crippen LogP contribution is 2.58. The molecular weight excluding hydrogens is 453 g/mol. The fourth-order valence-electron chi connectivity index (χ4n) is 5.22. The second kappa shape index (κ2) is 16.2. The van der Waals surface area contributed by atoms with E-state index in [1.54, 1.807) is 0 Å². The Morgan fingerprint density at radius 1 is 0.818 bits per heavy atom. The van der Waals surface area contributed by atoms with E-state index in [4.69, 9.17) is 0 Å². The average molecular weight is 509 g/mol. The number of quaternary nitrogens is 1. The van der Waals surface area contributed by atoms with E-state index in [0.29, 0.717) is 22.6 Å². The highest BCUT2D eigenvalue weighted by atomic mass is 32.2. The highest BCUT2D eigenvalue weighted by Gasteiger charge is 2.56. The molecule has 0 aromatic heterocycles. The van der Waals surface area contributed by atoms with Gasteiger partial charge < -0.3 is 19.4 Å². The van der Waals surface area contributed by atoms with Gasteiger partial charge >= 0.3 is 7.60 Å². The first-order valence-corrected chi connectivity index (χ1v) is 16.4. The minimum atomic E-state index is -4.59. The third-order valence-electron chi connectivity index (χ3n) is 7.10. The molecule has 1 aliphatic rings. The molecular formula is C26H55NO4PS+. The fraction of sp³-hybridized carbons (Fsp3) is 1.00.